The number of nitriles is 2. The van der Waals surface area contributed by atoms with Gasteiger partial charge in [0.1, 0.15) is 11.3 Å². The van der Waals surface area contributed by atoms with Gasteiger partial charge in [0.25, 0.3) is 5.91 Å². The second kappa shape index (κ2) is 4.19. The quantitative estimate of drug-likeness (QED) is 0.847. The molecule has 0 aromatic rings. The Labute approximate surface area is 124 Å². The van der Waals surface area contributed by atoms with Gasteiger partial charge < -0.3 is 15.2 Å². The average molecular weight is 288 g/mol. The van der Waals surface area contributed by atoms with Gasteiger partial charge in [0.05, 0.1) is 25.4 Å². The van der Waals surface area contributed by atoms with Crippen molar-refractivity contribution in [1.29, 1.82) is 10.5 Å². The second-order valence-corrected chi connectivity index (χ2v) is 6.08. The van der Waals surface area contributed by atoms with Crippen LogP contribution in [0.1, 0.15) is 39.5 Å². The molecule has 1 spiro atoms. The van der Waals surface area contributed by atoms with Crippen LogP contribution >= 0.6 is 0 Å². The summed E-state index contributed by atoms with van der Waals surface area (Å²) in [6.45, 7) is 4.85. The molecule has 0 amide bonds. The Kier molecular flexibility index (Phi) is 2.86. The number of hydrogen-bond donors (Lipinski definition) is 1. The second-order valence-electron chi connectivity index (χ2n) is 6.08. The van der Waals surface area contributed by atoms with Gasteiger partial charge in [-0.25, -0.2) is 4.99 Å². The molecule has 112 valence electrons. The van der Waals surface area contributed by atoms with E-state index in [1.54, 1.807) is 0 Å². The fraction of sp³-hybridized carbons (Fsp3) is 0.800. The predicted octanol–water partition coefficient (Wildman–Crippen LogP) is 1.68. The Bertz CT molecular complexity index is 575. The van der Waals surface area contributed by atoms with Crippen LogP contribution in [0.4, 0.5) is 0 Å². The summed E-state index contributed by atoms with van der Waals surface area (Å²) in [6, 6.07) is 4.69. The molecule has 3 rings (SSSR count). The molecular formula is C15H20N4O2. The molecule has 2 fully saturated rings. The van der Waals surface area contributed by atoms with Crippen LogP contribution in [-0.4, -0.2) is 25.0 Å². The predicted molar refractivity (Wildman–Crippen MR) is 74.6 cm³/mol. The third-order valence-electron chi connectivity index (χ3n) is 5.43. The van der Waals surface area contributed by atoms with Gasteiger partial charge in [-0.3, -0.25) is 0 Å². The van der Waals surface area contributed by atoms with E-state index in [9.17, 15) is 10.5 Å². The summed E-state index contributed by atoms with van der Waals surface area (Å²) in [6.07, 6.45) is 3.23. The number of hydrogen-bond acceptors (Lipinski definition) is 6. The lowest BCUT2D eigenvalue weighted by atomic mass is 9.82. The molecule has 21 heavy (non-hydrogen) atoms. The van der Waals surface area contributed by atoms with Crippen LogP contribution in [0.2, 0.25) is 0 Å². The van der Waals surface area contributed by atoms with Gasteiger partial charge in [0.15, 0.2) is 5.41 Å². The lowest BCUT2D eigenvalue weighted by molar-refractivity contribution is -0.193. The Morgan fingerprint density at radius 3 is 2.14 bits per heavy atom. The molecule has 0 aromatic carbocycles. The third kappa shape index (κ3) is 1.12. The third-order valence-corrected chi connectivity index (χ3v) is 5.43. The zero-order valence-electron chi connectivity index (χ0n) is 12.5. The number of nitrogens with two attached hydrogens (primary N) is 1. The number of ether oxygens (including phenoxy) is 2. The van der Waals surface area contributed by atoms with Gasteiger partial charge in [-0.05, 0) is 12.8 Å². The Balaban J connectivity index is 2.23. The van der Waals surface area contributed by atoms with E-state index < -0.39 is 22.2 Å². The molecule has 2 N–H and O–H groups in total. The van der Waals surface area contributed by atoms with Crippen LogP contribution in [0.15, 0.2) is 4.99 Å². The summed E-state index contributed by atoms with van der Waals surface area (Å²) in [7, 11) is 0. The van der Waals surface area contributed by atoms with Crippen molar-refractivity contribution in [2.45, 2.75) is 45.4 Å². The fourth-order valence-electron chi connectivity index (χ4n) is 4.92. The first-order chi connectivity index (χ1) is 10.1. The topological polar surface area (TPSA) is 104 Å². The summed E-state index contributed by atoms with van der Waals surface area (Å²) in [5.41, 5.74) is 3.41. The summed E-state index contributed by atoms with van der Waals surface area (Å²) in [5, 5.41) is 19.9. The van der Waals surface area contributed by atoms with E-state index in [0.717, 1.165) is 25.7 Å². The number of amidine groups is 1. The Morgan fingerprint density at radius 1 is 1.14 bits per heavy atom. The van der Waals surface area contributed by atoms with E-state index >= 15 is 0 Å². The van der Waals surface area contributed by atoms with Crippen molar-refractivity contribution < 1.29 is 9.47 Å². The fourth-order valence-corrected chi connectivity index (χ4v) is 4.92. The smallest absolute Gasteiger partial charge is 0.293 e. The van der Waals surface area contributed by atoms with Crippen molar-refractivity contribution >= 4 is 5.84 Å². The van der Waals surface area contributed by atoms with E-state index in [1.165, 1.54) is 0 Å². The monoisotopic (exact) mass is 288 g/mol. The molecule has 3 aliphatic rings. The lowest BCUT2D eigenvalue weighted by Gasteiger charge is -2.31. The number of nitrogens with zero attached hydrogens (tertiary/aromatic N) is 3. The van der Waals surface area contributed by atoms with E-state index in [1.807, 2.05) is 0 Å². The van der Waals surface area contributed by atoms with Gasteiger partial charge >= 0.3 is 0 Å². The first-order valence-corrected chi connectivity index (χ1v) is 7.54. The minimum atomic E-state index is -1.38. The standard InChI is InChI=1S/C15H20N4O2/c1-3-5-12(6-4-2)13(9-16)11(18)19-15(14(12,13)10-17)20-7-8-21-15/h3-8H2,1-2H3,(H2,18,19)/t13-,14+/m0/s1. The minimum Gasteiger partial charge on any atom is -0.386 e. The molecule has 0 unspecified atom stereocenters. The Morgan fingerprint density at radius 2 is 1.71 bits per heavy atom. The van der Waals surface area contributed by atoms with E-state index in [0.29, 0.717) is 13.2 Å². The normalized spacial score (nSPS) is 37.6. The number of rotatable bonds is 4. The molecule has 2 atom stereocenters. The van der Waals surface area contributed by atoms with E-state index in [4.69, 9.17) is 15.2 Å². The minimum absolute atomic E-state index is 0.204. The highest BCUT2D eigenvalue weighted by Gasteiger charge is 3.00. The highest BCUT2D eigenvalue weighted by Crippen LogP contribution is 2.88. The average Bonchev–Trinajstić information content (AvgIpc) is 2.76. The van der Waals surface area contributed by atoms with Crippen LogP contribution in [0, 0.1) is 38.9 Å². The zero-order chi connectivity index (χ0) is 15.4. The van der Waals surface area contributed by atoms with Gasteiger partial charge in [-0.1, -0.05) is 26.7 Å². The first-order valence-electron chi connectivity index (χ1n) is 7.54. The summed E-state index contributed by atoms with van der Waals surface area (Å²) in [4.78, 5) is 4.30. The maximum absolute atomic E-state index is 10.0. The molecular weight excluding hydrogens is 268 g/mol. The zero-order valence-corrected chi connectivity index (χ0v) is 12.5. The number of aliphatic imine (C=N–C) groups is 1. The summed E-state index contributed by atoms with van der Waals surface area (Å²) < 4.78 is 11.5. The van der Waals surface area contributed by atoms with Gasteiger partial charge in [-0.2, -0.15) is 10.5 Å². The van der Waals surface area contributed by atoms with Crippen molar-refractivity contribution in [3.63, 3.8) is 0 Å². The summed E-state index contributed by atoms with van der Waals surface area (Å²) >= 11 is 0. The van der Waals surface area contributed by atoms with Crippen molar-refractivity contribution in [3.8, 4) is 12.1 Å². The first kappa shape index (κ1) is 14.3. The molecule has 0 aromatic heterocycles. The van der Waals surface area contributed by atoms with Gasteiger partial charge in [0, 0.05) is 5.41 Å². The van der Waals surface area contributed by atoms with Crippen LogP contribution < -0.4 is 5.73 Å². The van der Waals surface area contributed by atoms with Gasteiger partial charge in [-0.15, -0.1) is 0 Å². The maximum atomic E-state index is 10.0. The largest absolute Gasteiger partial charge is 0.386 e. The highest BCUT2D eigenvalue weighted by molar-refractivity contribution is 6.00. The van der Waals surface area contributed by atoms with Crippen LogP contribution in [-0.2, 0) is 9.47 Å². The van der Waals surface area contributed by atoms with Crippen LogP contribution in [0.5, 0.6) is 0 Å². The molecule has 6 heteroatoms. The van der Waals surface area contributed by atoms with Gasteiger partial charge in [0.2, 0.25) is 0 Å². The van der Waals surface area contributed by atoms with Crippen LogP contribution in [0.25, 0.3) is 0 Å². The molecule has 0 radical (unpaired) electrons. The van der Waals surface area contributed by atoms with Crippen molar-refractivity contribution in [2.24, 2.45) is 27.0 Å². The molecule has 1 aliphatic carbocycles. The maximum Gasteiger partial charge on any atom is 0.293 e. The highest BCUT2D eigenvalue weighted by atomic mass is 16.8. The number of fused-ring (bicyclic) bond motifs is 2. The summed E-state index contributed by atoms with van der Waals surface area (Å²) in [5.74, 6) is -1.18. The molecule has 2 heterocycles. The van der Waals surface area contributed by atoms with Crippen molar-refractivity contribution in [1.82, 2.24) is 0 Å². The van der Waals surface area contributed by atoms with Crippen LogP contribution in [0.3, 0.4) is 0 Å². The van der Waals surface area contributed by atoms with Crippen molar-refractivity contribution in [3.05, 3.63) is 0 Å². The SMILES string of the molecule is CCCC1(CCC)[C@@]2(C#N)C3(N=C(N)[C@@]12C#N)OCCO3. The van der Waals surface area contributed by atoms with Crippen molar-refractivity contribution in [2.75, 3.05) is 13.2 Å². The van der Waals surface area contributed by atoms with E-state index in [-0.39, 0.29) is 5.84 Å². The lowest BCUT2D eigenvalue weighted by Crippen LogP contribution is -2.41. The Hall–Kier alpha value is -1.63. The molecule has 6 nitrogen and oxygen atoms in total. The molecule has 2 aliphatic heterocycles. The van der Waals surface area contributed by atoms with E-state index in [2.05, 4.69) is 31.0 Å². The molecule has 1 saturated carbocycles. The molecule has 1 saturated heterocycles. The molecule has 0 bridgehead atoms.